The van der Waals surface area contributed by atoms with Gasteiger partial charge in [0.2, 0.25) is 10.0 Å². The third-order valence-corrected chi connectivity index (χ3v) is 8.28. The third-order valence-electron chi connectivity index (χ3n) is 4.93. The summed E-state index contributed by atoms with van der Waals surface area (Å²) in [5.41, 5.74) is 1.79. The highest BCUT2D eigenvalue weighted by atomic mass is 32.2. The Morgan fingerprint density at radius 2 is 2.00 bits per heavy atom. The highest BCUT2D eigenvalue weighted by Gasteiger charge is 2.41. The van der Waals surface area contributed by atoms with E-state index >= 15 is 0 Å². The lowest BCUT2D eigenvalue weighted by atomic mass is 10.2. The van der Waals surface area contributed by atoms with Crippen LogP contribution in [0.1, 0.15) is 33.9 Å². The molecular weight excluding hydrogens is 412 g/mol. The summed E-state index contributed by atoms with van der Waals surface area (Å²) in [6.45, 7) is 0.764. The van der Waals surface area contributed by atoms with Crippen LogP contribution >= 0.6 is 11.3 Å². The fourth-order valence-electron chi connectivity index (χ4n) is 3.23. The maximum Gasteiger partial charge on any atom is 0.279 e. The minimum Gasteiger partial charge on any atom is -0.296 e. The van der Waals surface area contributed by atoms with Crippen molar-refractivity contribution in [2.24, 2.45) is 0 Å². The molecule has 0 bridgehead atoms. The van der Waals surface area contributed by atoms with E-state index in [9.17, 15) is 13.2 Å². The Morgan fingerprint density at radius 3 is 2.76 bits per heavy atom. The molecule has 1 N–H and O–H groups in total. The van der Waals surface area contributed by atoms with Gasteiger partial charge >= 0.3 is 0 Å². The number of fused-ring (bicyclic) bond motifs is 1. The predicted molar refractivity (Wildman–Crippen MR) is 107 cm³/mol. The zero-order chi connectivity index (χ0) is 20.0. The highest BCUT2D eigenvalue weighted by Crippen LogP contribution is 2.35. The number of rotatable bonds is 5. The summed E-state index contributed by atoms with van der Waals surface area (Å²) in [6, 6.07) is 9.31. The first-order valence-corrected chi connectivity index (χ1v) is 11.6. The number of aromatic nitrogens is 4. The van der Waals surface area contributed by atoms with Gasteiger partial charge in [0.05, 0.1) is 22.8 Å². The summed E-state index contributed by atoms with van der Waals surface area (Å²) in [5.74, 6) is -0.402. The summed E-state index contributed by atoms with van der Waals surface area (Å²) in [7, 11) is -3.21. The van der Waals surface area contributed by atoms with Crippen molar-refractivity contribution in [1.82, 2.24) is 24.3 Å². The molecule has 29 heavy (non-hydrogen) atoms. The van der Waals surface area contributed by atoms with Crippen LogP contribution in [-0.2, 0) is 23.0 Å². The van der Waals surface area contributed by atoms with Crippen molar-refractivity contribution in [3.63, 3.8) is 0 Å². The lowest BCUT2D eigenvalue weighted by Gasteiger charge is -2.25. The lowest BCUT2D eigenvalue weighted by molar-refractivity contribution is 0.102. The second-order valence-corrected chi connectivity index (χ2v) is 10.3. The average Bonchev–Trinajstić information content (AvgIpc) is 3.34. The number of carbonyl (C=O) groups excluding carboxylic acids is 1. The standard InChI is InChI=1S/C18H18N6O3S2/c25-17(15-10-19-24(22-15)12-4-2-1-3-5-12)21-18-20-14-8-9-23(11-16(14)28-18)29(26,27)13-6-7-13/h1-5,10,13H,6-9,11H2,(H,20,21,25). The van der Waals surface area contributed by atoms with Crippen LogP contribution in [0.3, 0.4) is 0 Å². The minimum absolute atomic E-state index is 0.181. The van der Waals surface area contributed by atoms with Crippen molar-refractivity contribution in [3.8, 4) is 5.69 Å². The Labute approximate surface area is 171 Å². The molecule has 0 unspecified atom stereocenters. The van der Waals surface area contributed by atoms with Crippen molar-refractivity contribution in [1.29, 1.82) is 0 Å². The molecule has 0 spiro atoms. The summed E-state index contributed by atoms with van der Waals surface area (Å²) >= 11 is 1.31. The van der Waals surface area contributed by atoms with Crippen molar-refractivity contribution >= 4 is 32.4 Å². The summed E-state index contributed by atoms with van der Waals surface area (Å²) in [4.78, 5) is 19.3. The first kappa shape index (κ1) is 18.4. The van der Waals surface area contributed by atoms with E-state index in [1.807, 2.05) is 30.3 Å². The minimum atomic E-state index is -3.21. The van der Waals surface area contributed by atoms with Crippen LogP contribution in [0.4, 0.5) is 5.13 Å². The van der Waals surface area contributed by atoms with Crippen molar-refractivity contribution in [2.45, 2.75) is 31.1 Å². The van der Waals surface area contributed by atoms with Crippen LogP contribution in [0.15, 0.2) is 36.5 Å². The maximum absolute atomic E-state index is 12.5. The van der Waals surface area contributed by atoms with Gasteiger partial charge in [-0.2, -0.15) is 14.2 Å². The molecule has 1 aliphatic carbocycles. The van der Waals surface area contributed by atoms with Crippen LogP contribution < -0.4 is 5.32 Å². The number of nitrogens with zero attached hydrogens (tertiary/aromatic N) is 5. The van der Waals surface area contributed by atoms with Crippen molar-refractivity contribution < 1.29 is 13.2 Å². The number of hydrogen-bond acceptors (Lipinski definition) is 7. The van der Waals surface area contributed by atoms with E-state index in [0.717, 1.165) is 29.1 Å². The van der Waals surface area contributed by atoms with Gasteiger partial charge in [-0.25, -0.2) is 13.4 Å². The molecule has 1 fully saturated rings. The van der Waals surface area contributed by atoms with E-state index in [1.165, 1.54) is 22.3 Å². The molecule has 11 heteroatoms. The average molecular weight is 431 g/mol. The molecule has 1 amide bonds. The van der Waals surface area contributed by atoms with E-state index in [-0.39, 0.29) is 10.9 Å². The smallest absolute Gasteiger partial charge is 0.279 e. The Balaban J connectivity index is 1.29. The number of nitrogens with one attached hydrogen (secondary N) is 1. The van der Waals surface area contributed by atoms with Crippen molar-refractivity contribution in [2.75, 3.05) is 11.9 Å². The molecule has 0 radical (unpaired) electrons. The molecule has 1 saturated carbocycles. The van der Waals surface area contributed by atoms with Crippen LogP contribution in [0, 0.1) is 0 Å². The normalized spacial score (nSPS) is 17.1. The van der Waals surface area contributed by atoms with Gasteiger partial charge in [-0.3, -0.25) is 10.1 Å². The van der Waals surface area contributed by atoms with Gasteiger partial charge in [0.25, 0.3) is 5.91 Å². The summed E-state index contributed by atoms with van der Waals surface area (Å²) in [5, 5.41) is 11.3. The van der Waals surface area contributed by atoms with Crippen molar-refractivity contribution in [3.05, 3.63) is 52.8 Å². The molecule has 9 nitrogen and oxygen atoms in total. The number of anilines is 1. The molecule has 5 rings (SSSR count). The van der Waals surface area contributed by atoms with Gasteiger partial charge in [0.15, 0.2) is 10.8 Å². The first-order chi connectivity index (χ1) is 14.0. The van der Waals surface area contributed by atoms with Crippen LogP contribution in [0.25, 0.3) is 5.69 Å². The molecule has 1 aromatic carbocycles. The Bertz CT molecular complexity index is 1170. The number of thiazole rings is 1. The van der Waals surface area contributed by atoms with Gasteiger partial charge in [0.1, 0.15) is 0 Å². The van der Waals surface area contributed by atoms with Gasteiger partial charge in [-0.1, -0.05) is 18.2 Å². The molecule has 150 valence electrons. The lowest BCUT2D eigenvalue weighted by Crippen LogP contribution is -2.37. The van der Waals surface area contributed by atoms with E-state index in [4.69, 9.17) is 0 Å². The number of sulfonamides is 1. The molecule has 3 heterocycles. The number of hydrogen-bond donors (Lipinski definition) is 1. The first-order valence-electron chi connectivity index (χ1n) is 9.27. The second kappa shape index (κ2) is 7.01. The van der Waals surface area contributed by atoms with E-state index in [1.54, 1.807) is 4.31 Å². The third kappa shape index (κ3) is 3.56. The second-order valence-electron chi connectivity index (χ2n) is 7.03. The summed E-state index contributed by atoms with van der Waals surface area (Å²) in [6.07, 6.45) is 3.45. The molecule has 3 aromatic rings. The quantitative estimate of drug-likeness (QED) is 0.661. The molecule has 1 aliphatic heterocycles. The van der Waals surface area contributed by atoms with Gasteiger partial charge < -0.3 is 0 Å². The maximum atomic E-state index is 12.5. The molecule has 2 aromatic heterocycles. The van der Waals surface area contributed by atoms with Gasteiger partial charge in [0, 0.05) is 24.4 Å². The van der Waals surface area contributed by atoms with Crippen LogP contribution in [0.2, 0.25) is 0 Å². The van der Waals surface area contributed by atoms with E-state index < -0.39 is 15.9 Å². The monoisotopic (exact) mass is 430 g/mol. The van der Waals surface area contributed by atoms with E-state index in [2.05, 4.69) is 20.5 Å². The zero-order valence-corrected chi connectivity index (χ0v) is 17.0. The zero-order valence-electron chi connectivity index (χ0n) is 15.4. The predicted octanol–water partition coefficient (Wildman–Crippen LogP) is 1.83. The fourth-order valence-corrected chi connectivity index (χ4v) is 6.14. The van der Waals surface area contributed by atoms with Gasteiger partial charge in [-0.05, 0) is 25.0 Å². The molecular formula is C18H18N6O3S2. The number of carbonyl (C=O) groups is 1. The molecule has 2 aliphatic rings. The number of amides is 1. The fraction of sp³-hybridized carbons (Fsp3) is 0.333. The number of benzene rings is 1. The number of para-hydroxylation sites is 1. The Morgan fingerprint density at radius 1 is 1.21 bits per heavy atom. The van der Waals surface area contributed by atoms with Gasteiger partial charge in [-0.15, -0.1) is 16.4 Å². The highest BCUT2D eigenvalue weighted by molar-refractivity contribution is 7.90. The SMILES string of the molecule is O=C(Nc1nc2c(s1)CN(S(=O)(=O)C1CC1)CC2)c1cnn(-c2ccccc2)n1. The molecule has 0 atom stereocenters. The Kier molecular flexibility index (Phi) is 4.45. The molecule has 0 saturated heterocycles. The van der Waals surface area contributed by atoms with E-state index in [0.29, 0.717) is 24.6 Å². The summed E-state index contributed by atoms with van der Waals surface area (Å²) < 4.78 is 26.5. The van der Waals surface area contributed by atoms with Crippen LogP contribution in [0.5, 0.6) is 0 Å². The topological polar surface area (TPSA) is 110 Å². The van der Waals surface area contributed by atoms with Crippen LogP contribution in [-0.4, -0.2) is 50.4 Å². The largest absolute Gasteiger partial charge is 0.296 e. The Hall–Kier alpha value is -2.63.